The number of hydrogen-bond donors (Lipinski definition) is 0. The number of alkyl halides is 2. The van der Waals surface area contributed by atoms with Crippen LogP contribution in [0.25, 0.3) is 0 Å². The van der Waals surface area contributed by atoms with Crippen LogP contribution in [-0.4, -0.2) is 13.4 Å². The fourth-order valence-electron chi connectivity index (χ4n) is 0.783. The van der Waals surface area contributed by atoms with Gasteiger partial charge in [-0.05, 0) is 28.7 Å². The first kappa shape index (κ1) is 13.3. The van der Waals surface area contributed by atoms with Gasteiger partial charge in [-0.3, -0.25) is 0 Å². The van der Waals surface area contributed by atoms with E-state index in [1.165, 1.54) is 0 Å². The molecule has 1 heterocycles. The molecule has 0 aromatic carbocycles. The Hall–Kier alpha value is 0.270. The summed E-state index contributed by atoms with van der Waals surface area (Å²) in [4.78, 5) is 2.87. The SMILES string of the molecule is O=S(=O)(Cl)c1cc(C(F)F)nc(Cl)c1I. The van der Waals surface area contributed by atoms with Crippen molar-refractivity contribution >= 4 is 53.9 Å². The first-order valence-electron chi connectivity index (χ1n) is 3.32. The molecule has 0 aliphatic rings. The normalized spacial score (nSPS) is 12.1. The maximum Gasteiger partial charge on any atom is 0.280 e. The molecule has 0 spiro atoms. The molecular weight excluding hydrogens is 386 g/mol. The van der Waals surface area contributed by atoms with Crippen LogP contribution in [-0.2, 0) is 9.05 Å². The predicted molar refractivity (Wildman–Crippen MR) is 60.0 cm³/mol. The molecule has 0 aliphatic carbocycles. The summed E-state index contributed by atoms with van der Waals surface area (Å²) in [6, 6.07) is 0.709. The third-order valence-corrected chi connectivity index (χ3v) is 4.79. The van der Waals surface area contributed by atoms with Gasteiger partial charge < -0.3 is 0 Å². The fraction of sp³-hybridized carbons (Fsp3) is 0.167. The summed E-state index contributed by atoms with van der Waals surface area (Å²) in [6.45, 7) is 0. The van der Waals surface area contributed by atoms with E-state index in [0.717, 1.165) is 0 Å². The highest BCUT2D eigenvalue weighted by Gasteiger charge is 2.22. The Morgan fingerprint density at radius 2 is 2.00 bits per heavy atom. The molecule has 3 nitrogen and oxygen atoms in total. The summed E-state index contributed by atoms with van der Waals surface area (Å²) >= 11 is 7.06. The summed E-state index contributed by atoms with van der Waals surface area (Å²) in [6.07, 6.45) is -2.91. The van der Waals surface area contributed by atoms with Crippen LogP contribution in [0.15, 0.2) is 11.0 Å². The van der Waals surface area contributed by atoms with Crippen LogP contribution in [0.5, 0.6) is 0 Å². The van der Waals surface area contributed by atoms with E-state index >= 15 is 0 Å². The van der Waals surface area contributed by atoms with E-state index in [1.807, 2.05) is 0 Å². The Morgan fingerprint density at radius 3 is 2.40 bits per heavy atom. The third-order valence-electron chi connectivity index (χ3n) is 1.39. The summed E-state index contributed by atoms with van der Waals surface area (Å²) in [5.41, 5.74) is -0.723. The van der Waals surface area contributed by atoms with Crippen molar-refractivity contribution in [3.63, 3.8) is 0 Å². The molecular formula is C6H2Cl2F2INO2S. The molecule has 0 fully saturated rings. The standard InChI is InChI=1S/C6H2Cl2F2INO2S/c7-5-4(11)3(15(8,13)14)1-2(12-5)6(9)10/h1,6H. The number of hydrogen-bond acceptors (Lipinski definition) is 3. The van der Waals surface area contributed by atoms with Crippen LogP contribution < -0.4 is 0 Å². The van der Waals surface area contributed by atoms with Crippen molar-refractivity contribution in [2.45, 2.75) is 11.3 Å². The average Bonchev–Trinajstić information content (AvgIpc) is 2.06. The molecule has 0 saturated carbocycles. The lowest BCUT2D eigenvalue weighted by molar-refractivity contribution is 0.145. The largest absolute Gasteiger partial charge is 0.280 e. The molecule has 1 rings (SSSR count). The molecule has 0 N–H and O–H groups in total. The molecule has 9 heteroatoms. The topological polar surface area (TPSA) is 47.0 Å². The molecule has 0 saturated heterocycles. The second-order valence-electron chi connectivity index (χ2n) is 2.39. The van der Waals surface area contributed by atoms with Crippen molar-refractivity contribution in [2.24, 2.45) is 0 Å². The number of aromatic nitrogens is 1. The zero-order valence-electron chi connectivity index (χ0n) is 6.72. The lowest BCUT2D eigenvalue weighted by Crippen LogP contribution is -2.01. The van der Waals surface area contributed by atoms with E-state index in [0.29, 0.717) is 6.07 Å². The van der Waals surface area contributed by atoms with Gasteiger partial charge in [0.1, 0.15) is 15.7 Å². The van der Waals surface area contributed by atoms with Crippen LogP contribution in [0.1, 0.15) is 12.1 Å². The molecule has 0 amide bonds. The zero-order chi connectivity index (χ0) is 11.8. The second kappa shape index (κ2) is 4.64. The smallest absolute Gasteiger partial charge is 0.234 e. The Kier molecular flexibility index (Phi) is 4.13. The summed E-state index contributed by atoms with van der Waals surface area (Å²) in [5, 5.41) is -0.312. The molecule has 1 aromatic rings. The van der Waals surface area contributed by atoms with Crippen molar-refractivity contribution in [3.8, 4) is 0 Å². The summed E-state index contributed by atoms with van der Waals surface area (Å²) in [7, 11) is 0.943. The molecule has 0 radical (unpaired) electrons. The molecule has 84 valence electrons. The molecule has 0 atom stereocenters. The maximum absolute atomic E-state index is 12.3. The molecule has 15 heavy (non-hydrogen) atoms. The predicted octanol–water partition coefficient (Wildman–Crippen LogP) is 3.20. The third kappa shape index (κ3) is 3.11. The Labute approximate surface area is 107 Å². The van der Waals surface area contributed by atoms with Crippen molar-refractivity contribution in [1.82, 2.24) is 4.98 Å². The lowest BCUT2D eigenvalue weighted by Gasteiger charge is -2.05. The first-order chi connectivity index (χ1) is 6.73. The van der Waals surface area contributed by atoms with Crippen molar-refractivity contribution in [3.05, 3.63) is 20.5 Å². The lowest BCUT2D eigenvalue weighted by atomic mass is 10.4. The highest BCUT2D eigenvalue weighted by Crippen LogP contribution is 2.30. The van der Waals surface area contributed by atoms with Gasteiger partial charge in [-0.15, -0.1) is 0 Å². The zero-order valence-corrected chi connectivity index (χ0v) is 11.2. The van der Waals surface area contributed by atoms with E-state index in [1.54, 1.807) is 22.6 Å². The van der Waals surface area contributed by atoms with E-state index < -0.39 is 26.1 Å². The van der Waals surface area contributed by atoms with Crippen LogP contribution in [0.2, 0.25) is 5.15 Å². The molecule has 0 bridgehead atoms. The van der Waals surface area contributed by atoms with Gasteiger partial charge in [-0.25, -0.2) is 22.2 Å². The quantitative estimate of drug-likeness (QED) is 0.444. The van der Waals surface area contributed by atoms with Gasteiger partial charge in [0.25, 0.3) is 15.5 Å². The summed E-state index contributed by atoms with van der Waals surface area (Å²) in [5.74, 6) is 0. The Balaban J connectivity index is 3.52. The van der Waals surface area contributed by atoms with Crippen LogP contribution in [0.4, 0.5) is 8.78 Å². The highest BCUT2D eigenvalue weighted by molar-refractivity contribution is 14.1. The van der Waals surface area contributed by atoms with Gasteiger partial charge in [0, 0.05) is 10.7 Å². The molecule has 0 aliphatic heterocycles. The molecule has 1 aromatic heterocycles. The van der Waals surface area contributed by atoms with Gasteiger partial charge in [0.2, 0.25) is 0 Å². The van der Waals surface area contributed by atoms with E-state index in [4.69, 9.17) is 22.3 Å². The van der Waals surface area contributed by atoms with Gasteiger partial charge in [0.15, 0.2) is 0 Å². The molecule has 0 unspecified atom stereocenters. The highest BCUT2D eigenvalue weighted by atomic mass is 127. The average molecular weight is 388 g/mol. The Morgan fingerprint density at radius 1 is 1.47 bits per heavy atom. The van der Waals surface area contributed by atoms with Crippen molar-refractivity contribution in [2.75, 3.05) is 0 Å². The van der Waals surface area contributed by atoms with E-state index in [-0.39, 0.29) is 8.72 Å². The van der Waals surface area contributed by atoms with Gasteiger partial charge in [-0.2, -0.15) is 0 Å². The van der Waals surface area contributed by atoms with Gasteiger partial charge in [-0.1, -0.05) is 11.6 Å². The first-order valence-corrected chi connectivity index (χ1v) is 7.09. The minimum atomic E-state index is -4.11. The minimum Gasteiger partial charge on any atom is -0.234 e. The number of nitrogens with zero attached hydrogens (tertiary/aromatic N) is 1. The summed E-state index contributed by atoms with van der Waals surface area (Å²) < 4.78 is 46.6. The van der Waals surface area contributed by atoms with Crippen molar-refractivity contribution in [1.29, 1.82) is 0 Å². The minimum absolute atomic E-state index is 0.0219. The van der Waals surface area contributed by atoms with Gasteiger partial charge >= 0.3 is 0 Å². The van der Waals surface area contributed by atoms with Crippen molar-refractivity contribution < 1.29 is 17.2 Å². The Bertz CT molecular complexity index is 494. The van der Waals surface area contributed by atoms with Crippen LogP contribution >= 0.6 is 44.9 Å². The monoisotopic (exact) mass is 387 g/mol. The maximum atomic E-state index is 12.3. The van der Waals surface area contributed by atoms with Crippen LogP contribution in [0.3, 0.4) is 0 Å². The second-order valence-corrected chi connectivity index (χ2v) is 6.36. The van der Waals surface area contributed by atoms with Crippen LogP contribution in [0, 0.1) is 3.57 Å². The number of halogens is 5. The van der Waals surface area contributed by atoms with E-state index in [9.17, 15) is 17.2 Å². The fourth-order valence-corrected chi connectivity index (χ4v) is 3.51. The number of rotatable bonds is 2. The van der Waals surface area contributed by atoms with E-state index in [2.05, 4.69) is 4.98 Å². The number of pyridine rings is 1. The van der Waals surface area contributed by atoms with Gasteiger partial charge in [0.05, 0.1) is 3.57 Å².